The molecule has 4 rings (SSSR count). The van der Waals surface area contributed by atoms with Crippen LogP contribution in [0.25, 0.3) is 22.2 Å². The number of aliphatic imine (C=N–C) groups is 1. The number of aromatic amines is 2. The van der Waals surface area contributed by atoms with Gasteiger partial charge in [-0.3, -0.25) is 15.2 Å². The number of fused-ring (bicyclic) bond motifs is 1. The maximum atomic E-state index is 9.68. The first-order valence-electron chi connectivity index (χ1n) is 8.17. The average Bonchev–Trinajstić information content (AvgIpc) is 3.29. The average molecular weight is 341 g/mol. The number of nitrogens with one attached hydrogen (secondary N) is 2. The predicted octanol–water partition coefficient (Wildman–Crippen LogP) is 3.45. The van der Waals surface area contributed by atoms with E-state index in [9.17, 15) is 10.5 Å². The number of benzene rings is 1. The quantitative estimate of drug-likeness (QED) is 0.742. The van der Waals surface area contributed by atoms with E-state index >= 15 is 0 Å². The van der Waals surface area contributed by atoms with Gasteiger partial charge >= 0.3 is 0 Å². The zero-order valence-electron chi connectivity index (χ0n) is 14.3. The molecule has 7 heteroatoms. The number of hydrogen-bond donors (Lipinski definition) is 2. The van der Waals surface area contributed by atoms with Gasteiger partial charge in [-0.15, -0.1) is 0 Å². The Morgan fingerprint density at radius 1 is 1.19 bits per heavy atom. The fraction of sp³-hybridized carbons (Fsp3) is 0.211. The largest absolute Gasteiger partial charge is 0.285 e. The molecule has 0 fully saturated rings. The molecule has 0 saturated heterocycles. The minimum absolute atomic E-state index is 0.334. The highest BCUT2D eigenvalue weighted by molar-refractivity contribution is 5.94. The van der Waals surface area contributed by atoms with Crippen LogP contribution in [0.2, 0.25) is 0 Å². The van der Waals surface area contributed by atoms with Crippen LogP contribution in [0.4, 0.5) is 0 Å². The van der Waals surface area contributed by atoms with Crippen molar-refractivity contribution in [2.75, 3.05) is 0 Å². The van der Waals surface area contributed by atoms with Gasteiger partial charge in [-0.1, -0.05) is 6.07 Å². The fourth-order valence-corrected chi connectivity index (χ4v) is 3.53. The maximum absolute atomic E-state index is 9.68. The molecule has 0 aliphatic carbocycles. The Balaban J connectivity index is 1.91. The van der Waals surface area contributed by atoms with Crippen LogP contribution in [0.15, 0.2) is 46.9 Å². The third-order valence-corrected chi connectivity index (χ3v) is 4.81. The van der Waals surface area contributed by atoms with Crippen molar-refractivity contribution in [2.45, 2.75) is 19.8 Å². The summed E-state index contributed by atoms with van der Waals surface area (Å²) < 4.78 is 0. The van der Waals surface area contributed by atoms with E-state index in [0.29, 0.717) is 11.3 Å². The van der Waals surface area contributed by atoms with Crippen molar-refractivity contribution in [1.29, 1.82) is 10.5 Å². The van der Waals surface area contributed by atoms with E-state index in [1.165, 1.54) is 0 Å². The Hall–Kier alpha value is -3.71. The summed E-state index contributed by atoms with van der Waals surface area (Å²) >= 11 is 0. The summed E-state index contributed by atoms with van der Waals surface area (Å²) in [5, 5.41) is 34.4. The maximum Gasteiger partial charge on any atom is 0.103 e. The van der Waals surface area contributed by atoms with Crippen LogP contribution in [0, 0.1) is 28.6 Å². The van der Waals surface area contributed by atoms with E-state index in [2.05, 4.69) is 37.5 Å². The number of H-pyrrole nitrogens is 2. The second kappa shape index (κ2) is 5.98. The van der Waals surface area contributed by atoms with Crippen LogP contribution in [0.3, 0.4) is 0 Å². The lowest BCUT2D eigenvalue weighted by Crippen LogP contribution is -2.24. The summed E-state index contributed by atoms with van der Waals surface area (Å²) in [5.41, 5.74) is 5.39. The molecule has 3 aromatic rings. The highest BCUT2D eigenvalue weighted by atomic mass is 15.1. The molecule has 0 bridgehead atoms. The van der Waals surface area contributed by atoms with Gasteiger partial charge in [-0.05, 0) is 31.5 Å². The second-order valence-corrected chi connectivity index (χ2v) is 6.31. The molecule has 2 aromatic heterocycles. The summed E-state index contributed by atoms with van der Waals surface area (Å²) in [6, 6.07) is 10.4. The predicted molar refractivity (Wildman–Crippen MR) is 96.9 cm³/mol. The van der Waals surface area contributed by atoms with Crippen molar-refractivity contribution in [1.82, 2.24) is 20.4 Å². The van der Waals surface area contributed by atoms with Crippen molar-refractivity contribution in [3.8, 4) is 23.4 Å². The van der Waals surface area contributed by atoms with Gasteiger partial charge < -0.3 is 0 Å². The number of nitriles is 2. The van der Waals surface area contributed by atoms with Crippen molar-refractivity contribution in [2.24, 2.45) is 10.9 Å². The second-order valence-electron chi connectivity index (χ2n) is 6.31. The fourth-order valence-electron chi connectivity index (χ4n) is 3.53. The van der Waals surface area contributed by atoms with Crippen LogP contribution in [-0.2, 0) is 0 Å². The van der Waals surface area contributed by atoms with Crippen LogP contribution >= 0.6 is 0 Å². The summed E-state index contributed by atoms with van der Waals surface area (Å²) in [6.45, 7) is 3.65. The van der Waals surface area contributed by atoms with E-state index in [1.807, 2.05) is 32.0 Å². The van der Waals surface area contributed by atoms with E-state index in [-0.39, 0.29) is 5.92 Å². The first-order chi connectivity index (χ1) is 12.6. The van der Waals surface area contributed by atoms with Gasteiger partial charge in [-0.25, -0.2) is 0 Å². The summed E-state index contributed by atoms with van der Waals surface area (Å²) in [6.07, 6.45) is 3.49. The molecule has 7 nitrogen and oxygen atoms in total. The molecule has 0 saturated carbocycles. The Labute approximate surface area is 149 Å². The minimum atomic E-state index is -0.463. The van der Waals surface area contributed by atoms with Crippen LogP contribution in [0.1, 0.15) is 25.3 Å². The highest BCUT2D eigenvalue weighted by Crippen LogP contribution is 2.39. The molecule has 2 N–H and O–H groups in total. The molecule has 0 radical (unpaired) electrons. The normalized spacial score (nSPS) is 19.9. The highest BCUT2D eigenvalue weighted by Gasteiger charge is 2.34. The lowest BCUT2D eigenvalue weighted by atomic mass is 9.76. The Morgan fingerprint density at radius 3 is 2.73 bits per heavy atom. The van der Waals surface area contributed by atoms with Crippen LogP contribution in [0.5, 0.6) is 0 Å². The van der Waals surface area contributed by atoms with Crippen molar-refractivity contribution < 1.29 is 0 Å². The topological polar surface area (TPSA) is 117 Å². The molecule has 2 unspecified atom stereocenters. The SMILES string of the molecule is CC1=NC(C)=C(C#N)C(c2ccc3[nH]nc(-c4cn[nH]c4)c3c2)C1C#N. The lowest BCUT2D eigenvalue weighted by molar-refractivity contribution is 0.704. The zero-order valence-corrected chi connectivity index (χ0v) is 14.3. The first-order valence-corrected chi connectivity index (χ1v) is 8.17. The smallest absolute Gasteiger partial charge is 0.103 e. The van der Waals surface area contributed by atoms with Gasteiger partial charge in [0.25, 0.3) is 0 Å². The number of nitrogens with zero attached hydrogens (tertiary/aromatic N) is 5. The number of aromatic nitrogens is 4. The van der Waals surface area contributed by atoms with Gasteiger partial charge in [0, 0.05) is 28.8 Å². The molecular weight excluding hydrogens is 326 g/mol. The Bertz CT molecular complexity index is 1130. The number of rotatable bonds is 2. The minimum Gasteiger partial charge on any atom is -0.285 e. The van der Waals surface area contributed by atoms with Gasteiger partial charge in [0.1, 0.15) is 5.69 Å². The summed E-state index contributed by atoms with van der Waals surface area (Å²) in [7, 11) is 0. The van der Waals surface area contributed by atoms with Crippen LogP contribution < -0.4 is 0 Å². The molecule has 26 heavy (non-hydrogen) atoms. The van der Waals surface area contributed by atoms with Gasteiger partial charge in [-0.2, -0.15) is 20.7 Å². The Kier molecular flexibility index (Phi) is 3.63. The molecule has 126 valence electrons. The molecule has 3 heterocycles. The zero-order chi connectivity index (χ0) is 18.3. The van der Waals surface area contributed by atoms with Crippen molar-refractivity contribution >= 4 is 16.6 Å². The first kappa shape index (κ1) is 15.8. The molecule has 0 amide bonds. The van der Waals surface area contributed by atoms with E-state index in [4.69, 9.17) is 0 Å². The molecule has 1 aromatic carbocycles. The summed E-state index contributed by atoms with van der Waals surface area (Å²) in [5.74, 6) is -0.797. The van der Waals surface area contributed by atoms with Crippen LogP contribution in [-0.4, -0.2) is 26.1 Å². The van der Waals surface area contributed by atoms with E-state index in [0.717, 1.165) is 33.4 Å². The molecular formula is C19H15N7. The van der Waals surface area contributed by atoms with Crippen molar-refractivity contribution in [3.63, 3.8) is 0 Å². The number of allylic oxidation sites excluding steroid dienone is 2. The molecule has 1 aliphatic rings. The van der Waals surface area contributed by atoms with Gasteiger partial charge in [0.15, 0.2) is 0 Å². The monoisotopic (exact) mass is 341 g/mol. The number of hydrogen-bond acceptors (Lipinski definition) is 5. The molecule has 0 spiro atoms. The lowest BCUT2D eigenvalue weighted by Gasteiger charge is -2.26. The molecule has 2 atom stereocenters. The summed E-state index contributed by atoms with van der Waals surface area (Å²) in [4.78, 5) is 4.39. The van der Waals surface area contributed by atoms with Crippen molar-refractivity contribution in [3.05, 3.63) is 47.4 Å². The van der Waals surface area contributed by atoms with E-state index in [1.54, 1.807) is 12.4 Å². The third-order valence-electron chi connectivity index (χ3n) is 4.81. The molecule has 1 aliphatic heterocycles. The standard InChI is InChI=1S/C19H15N7/c1-10-15(6-20)18(16(7-21)11(2)24-10)12-3-4-17-14(5-12)19(26-25-17)13-8-22-23-9-13/h3-5,8-9,15,18H,1-2H3,(H,22,23)(H,25,26). The van der Waals surface area contributed by atoms with E-state index < -0.39 is 5.92 Å². The third kappa shape index (κ3) is 2.30. The Morgan fingerprint density at radius 2 is 2.04 bits per heavy atom. The van der Waals surface area contributed by atoms with Gasteiger partial charge in [0.05, 0.1) is 41.0 Å². The van der Waals surface area contributed by atoms with Gasteiger partial charge in [0.2, 0.25) is 0 Å².